The van der Waals surface area contributed by atoms with E-state index in [0.717, 1.165) is 27.6 Å². The zero-order valence-electron chi connectivity index (χ0n) is 20.4. The van der Waals surface area contributed by atoms with Gasteiger partial charge < -0.3 is 9.47 Å². The molecule has 36 heavy (non-hydrogen) atoms. The van der Waals surface area contributed by atoms with Crippen LogP contribution in [0.1, 0.15) is 37.0 Å². The van der Waals surface area contributed by atoms with Crippen molar-refractivity contribution in [3.05, 3.63) is 98.9 Å². The van der Waals surface area contributed by atoms with Gasteiger partial charge in [-0.2, -0.15) is 0 Å². The molecule has 3 aromatic rings. The minimum atomic E-state index is -0.0592. The molecule has 1 aliphatic heterocycles. The summed E-state index contributed by atoms with van der Waals surface area (Å²) in [6.45, 7) is 6.10. The Morgan fingerprint density at radius 3 is 2.33 bits per heavy atom. The highest BCUT2D eigenvalue weighted by Crippen LogP contribution is 2.39. The van der Waals surface area contributed by atoms with Gasteiger partial charge in [-0.15, -0.1) is 0 Å². The molecule has 1 fully saturated rings. The highest BCUT2D eigenvalue weighted by molar-refractivity contribution is 9.10. The van der Waals surface area contributed by atoms with Gasteiger partial charge in [0, 0.05) is 0 Å². The molecular formula is C29H29BrN2O3S. The van der Waals surface area contributed by atoms with E-state index in [1.807, 2.05) is 85.8 Å². The molecule has 0 radical (unpaired) electrons. The van der Waals surface area contributed by atoms with Gasteiger partial charge in [0.25, 0.3) is 5.91 Å². The van der Waals surface area contributed by atoms with Gasteiger partial charge in [0.05, 0.1) is 35.7 Å². The Bertz CT molecular complexity index is 1250. The number of thioether (sulfide) groups is 1. The molecule has 0 spiro atoms. The third-order valence-corrected chi connectivity index (χ3v) is 7.02. The van der Waals surface area contributed by atoms with E-state index in [4.69, 9.17) is 14.5 Å². The van der Waals surface area contributed by atoms with Crippen LogP contribution in [0.5, 0.6) is 11.5 Å². The lowest BCUT2D eigenvalue weighted by molar-refractivity contribution is -0.122. The van der Waals surface area contributed by atoms with Crippen LogP contribution in [0, 0.1) is 0 Å². The molecule has 0 saturated carbocycles. The Labute approximate surface area is 225 Å². The number of nitrogens with zero attached hydrogens (tertiary/aromatic N) is 2. The maximum atomic E-state index is 13.5. The van der Waals surface area contributed by atoms with Gasteiger partial charge in [-0.25, -0.2) is 0 Å². The van der Waals surface area contributed by atoms with Crippen LogP contribution >= 0.6 is 27.7 Å². The van der Waals surface area contributed by atoms with Crippen LogP contribution in [0.25, 0.3) is 6.08 Å². The highest BCUT2D eigenvalue weighted by Gasteiger charge is 2.33. The van der Waals surface area contributed by atoms with Crippen LogP contribution in [0.15, 0.2) is 87.2 Å². The minimum Gasteiger partial charge on any atom is -0.490 e. The van der Waals surface area contributed by atoms with Crippen molar-refractivity contribution < 1.29 is 14.3 Å². The number of hydrogen-bond acceptors (Lipinski definition) is 5. The largest absolute Gasteiger partial charge is 0.490 e. The third kappa shape index (κ3) is 6.59. The monoisotopic (exact) mass is 564 g/mol. The number of halogens is 1. The van der Waals surface area contributed by atoms with Gasteiger partial charge >= 0.3 is 0 Å². The van der Waals surface area contributed by atoms with Crippen LogP contribution in [-0.4, -0.2) is 29.2 Å². The number of amides is 1. The first kappa shape index (κ1) is 26.0. The molecule has 4 rings (SSSR count). The van der Waals surface area contributed by atoms with Gasteiger partial charge in [0.2, 0.25) is 0 Å². The van der Waals surface area contributed by atoms with Gasteiger partial charge in [0.15, 0.2) is 16.7 Å². The average molecular weight is 566 g/mol. The molecule has 0 unspecified atom stereocenters. The van der Waals surface area contributed by atoms with Gasteiger partial charge in [-0.3, -0.25) is 14.7 Å². The quantitative estimate of drug-likeness (QED) is 0.242. The van der Waals surface area contributed by atoms with Crippen molar-refractivity contribution in [3.8, 4) is 11.5 Å². The van der Waals surface area contributed by atoms with Gasteiger partial charge in [-0.05, 0) is 75.9 Å². The first-order valence-electron chi connectivity index (χ1n) is 12.0. The smallest absolute Gasteiger partial charge is 0.267 e. The van der Waals surface area contributed by atoms with E-state index in [2.05, 4.69) is 22.9 Å². The first-order chi connectivity index (χ1) is 17.6. The second kappa shape index (κ2) is 12.8. The average Bonchev–Trinajstić information content (AvgIpc) is 3.17. The van der Waals surface area contributed by atoms with Crippen LogP contribution in [-0.2, 0) is 17.9 Å². The van der Waals surface area contributed by atoms with Crippen LogP contribution in [0.3, 0.4) is 0 Å². The normalized spacial score (nSPS) is 15.6. The van der Waals surface area contributed by atoms with Crippen molar-refractivity contribution >= 4 is 44.8 Å². The summed E-state index contributed by atoms with van der Waals surface area (Å²) in [7, 11) is 0. The molecule has 186 valence electrons. The van der Waals surface area contributed by atoms with Crippen LogP contribution in [0.2, 0.25) is 0 Å². The molecule has 0 bridgehead atoms. The molecule has 1 aliphatic rings. The predicted molar refractivity (Wildman–Crippen MR) is 151 cm³/mol. The van der Waals surface area contributed by atoms with Crippen molar-refractivity contribution in [2.24, 2.45) is 4.99 Å². The minimum absolute atomic E-state index is 0.0592. The number of rotatable bonds is 10. The molecule has 1 amide bonds. The summed E-state index contributed by atoms with van der Waals surface area (Å²) in [6.07, 6.45) is 2.80. The van der Waals surface area contributed by atoms with Crippen molar-refractivity contribution in [2.75, 3.05) is 13.2 Å². The second-order valence-electron chi connectivity index (χ2n) is 8.18. The number of benzene rings is 3. The lowest BCUT2D eigenvalue weighted by Gasteiger charge is -2.16. The SMILES string of the molecule is CCCOc1c(Br)cc(/C=C2\SC(=NCc3ccccc3)N(Cc3ccccc3)C2=O)cc1OCC. The standard InChI is InChI=1S/C29H29BrN2O3S/c1-3-15-35-27-24(30)16-23(17-25(27)34-4-2)18-26-28(33)32(20-22-13-9-6-10-14-22)29(36-26)31-19-21-11-7-5-8-12-21/h5-14,16-18H,3-4,15,19-20H2,1-2H3/b26-18-,31-29?. The van der Waals surface area contributed by atoms with E-state index in [-0.39, 0.29) is 5.91 Å². The number of carbonyl (C=O) groups excluding carboxylic acids is 1. The summed E-state index contributed by atoms with van der Waals surface area (Å²) in [5.74, 6) is 1.28. The Hall–Kier alpha value is -3.03. The zero-order chi connectivity index (χ0) is 25.3. The molecule has 7 heteroatoms. The fourth-order valence-electron chi connectivity index (χ4n) is 3.70. The molecule has 0 aromatic heterocycles. The maximum Gasteiger partial charge on any atom is 0.267 e. The molecular weight excluding hydrogens is 536 g/mol. The summed E-state index contributed by atoms with van der Waals surface area (Å²) < 4.78 is 12.5. The highest BCUT2D eigenvalue weighted by atomic mass is 79.9. The Balaban J connectivity index is 1.65. The van der Waals surface area contributed by atoms with Crippen molar-refractivity contribution in [2.45, 2.75) is 33.4 Å². The zero-order valence-corrected chi connectivity index (χ0v) is 22.8. The fourth-order valence-corrected chi connectivity index (χ4v) is 5.25. The Kier molecular flexibility index (Phi) is 9.25. The van der Waals surface area contributed by atoms with E-state index in [1.165, 1.54) is 11.8 Å². The Morgan fingerprint density at radius 2 is 1.67 bits per heavy atom. The molecule has 0 atom stereocenters. The summed E-state index contributed by atoms with van der Waals surface area (Å²) >= 11 is 5.02. The molecule has 0 aliphatic carbocycles. The summed E-state index contributed by atoms with van der Waals surface area (Å²) in [4.78, 5) is 20.7. The number of ether oxygens (including phenoxy) is 2. The fraction of sp³-hybridized carbons (Fsp3) is 0.241. The summed E-state index contributed by atoms with van der Waals surface area (Å²) in [5, 5.41) is 0.700. The number of aliphatic imine (C=N–C) groups is 1. The van der Waals surface area contributed by atoms with E-state index in [0.29, 0.717) is 47.9 Å². The first-order valence-corrected chi connectivity index (χ1v) is 13.6. The molecule has 1 saturated heterocycles. The third-order valence-electron chi connectivity index (χ3n) is 5.39. The maximum absolute atomic E-state index is 13.5. The van der Waals surface area contributed by atoms with Gasteiger partial charge in [0.1, 0.15) is 0 Å². The molecule has 0 N–H and O–H groups in total. The molecule has 1 heterocycles. The van der Waals surface area contributed by atoms with E-state index in [9.17, 15) is 4.79 Å². The van der Waals surface area contributed by atoms with E-state index >= 15 is 0 Å². The van der Waals surface area contributed by atoms with Crippen molar-refractivity contribution in [1.29, 1.82) is 0 Å². The Morgan fingerprint density at radius 1 is 0.972 bits per heavy atom. The van der Waals surface area contributed by atoms with Crippen LogP contribution in [0.4, 0.5) is 0 Å². The number of hydrogen-bond donors (Lipinski definition) is 0. The lowest BCUT2D eigenvalue weighted by atomic mass is 10.1. The van der Waals surface area contributed by atoms with E-state index in [1.54, 1.807) is 4.90 Å². The number of carbonyl (C=O) groups is 1. The summed E-state index contributed by atoms with van der Waals surface area (Å²) in [5.41, 5.74) is 3.01. The molecule has 5 nitrogen and oxygen atoms in total. The number of amidine groups is 1. The topological polar surface area (TPSA) is 51.1 Å². The van der Waals surface area contributed by atoms with Crippen LogP contribution < -0.4 is 9.47 Å². The second-order valence-corrected chi connectivity index (χ2v) is 10.0. The molecule has 3 aromatic carbocycles. The van der Waals surface area contributed by atoms with Crippen molar-refractivity contribution in [1.82, 2.24) is 4.90 Å². The predicted octanol–water partition coefficient (Wildman–Crippen LogP) is 7.31. The van der Waals surface area contributed by atoms with Crippen molar-refractivity contribution in [3.63, 3.8) is 0 Å². The lowest BCUT2D eigenvalue weighted by Crippen LogP contribution is -2.28. The van der Waals surface area contributed by atoms with E-state index < -0.39 is 0 Å². The van der Waals surface area contributed by atoms with Gasteiger partial charge in [-0.1, -0.05) is 67.6 Å². The summed E-state index contributed by atoms with van der Waals surface area (Å²) in [6, 6.07) is 23.9.